The van der Waals surface area contributed by atoms with Crippen molar-refractivity contribution in [1.82, 2.24) is 9.55 Å². The van der Waals surface area contributed by atoms with Crippen molar-refractivity contribution in [2.75, 3.05) is 21.3 Å². The van der Waals surface area contributed by atoms with Gasteiger partial charge in [0.2, 0.25) is 5.78 Å². The highest BCUT2D eigenvalue weighted by molar-refractivity contribution is 6.08. The molecule has 0 radical (unpaired) electrons. The van der Waals surface area contributed by atoms with Crippen LogP contribution in [0.3, 0.4) is 0 Å². The molecule has 0 aliphatic carbocycles. The Morgan fingerprint density at radius 3 is 1.65 bits per heavy atom. The van der Waals surface area contributed by atoms with E-state index in [9.17, 15) is 9.59 Å². The predicted octanol–water partition coefficient (Wildman–Crippen LogP) is 6.36. The number of hydrogen-bond acceptors (Lipinski definition) is 6. The zero-order valence-electron chi connectivity index (χ0n) is 22.5. The van der Waals surface area contributed by atoms with Crippen molar-refractivity contribution < 1.29 is 23.8 Å². The van der Waals surface area contributed by atoms with Gasteiger partial charge in [0, 0.05) is 22.3 Å². The van der Waals surface area contributed by atoms with Crippen LogP contribution in [0.4, 0.5) is 0 Å². The van der Waals surface area contributed by atoms with E-state index in [1.807, 2.05) is 54.6 Å². The first-order valence-electron chi connectivity index (χ1n) is 12.7. The molecule has 0 saturated heterocycles. The van der Waals surface area contributed by atoms with Crippen LogP contribution in [0.15, 0.2) is 103 Å². The number of rotatable bonds is 10. The molecule has 5 rings (SSSR count). The number of Topliss-reactive ketones (excluding diaryl/α,β-unsaturated/α-hetero) is 1. The Morgan fingerprint density at radius 2 is 1.12 bits per heavy atom. The lowest BCUT2D eigenvalue weighted by molar-refractivity contribution is 0.0967. The molecular weight excluding hydrogens is 504 g/mol. The summed E-state index contributed by atoms with van der Waals surface area (Å²) in [5, 5.41) is 0. The largest absolute Gasteiger partial charge is 0.497 e. The van der Waals surface area contributed by atoms with Crippen molar-refractivity contribution in [3.63, 3.8) is 0 Å². The van der Waals surface area contributed by atoms with Crippen molar-refractivity contribution in [2.24, 2.45) is 0 Å². The summed E-state index contributed by atoms with van der Waals surface area (Å²) in [6.07, 6.45) is 0. The van der Waals surface area contributed by atoms with Gasteiger partial charge in [-0.2, -0.15) is 0 Å². The van der Waals surface area contributed by atoms with Crippen LogP contribution in [0.1, 0.15) is 26.5 Å². The minimum Gasteiger partial charge on any atom is -0.497 e. The van der Waals surface area contributed by atoms with Crippen LogP contribution in [0, 0.1) is 0 Å². The smallest absolute Gasteiger partial charge is 0.228 e. The molecule has 1 heterocycles. The summed E-state index contributed by atoms with van der Waals surface area (Å²) in [4.78, 5) is 32.3. The Bertz CT molecular complexity index is 1620. The van der Waals surface area contributed by atoms with Gasteiger partial charge < -0.3 is 18.8 Å². The third-order valence-electron chi connectivity index (χ3n) is 6.65. The maximum absolute atomic E-state index is 13.8. The third-order valence-corrected chi connectivity index (χ3v) is 6.65. The molecule has 7 heteroatoms. The number of benzene rings is 4. The topological polar surface area (TPSA) is 79.7 Å². The summed E-state index contributed by atoms with van der Waals surface area (Å²) in [5.41, 5.74) is 3.77. The fourth-order valence-electron chi connectivity index (χ4n) is 4.50. The number of aromatic nitrogens is 2. The number of ether oxygens (including phenoxy) is 3. The monoisotopic (exact) mass is 532 g/mol. The highest BCUT2D eigenvalue weighted by Gasteiger charge is 2.27. The van der Waals surface area contributed by atoms with Crippen molar-refractivity contribution in [2.45, 2.75) is 6.54 Å². The molecule has 0 saturated carbocycles. The lowest BCUT2D eigenvalue weighted by Gasteiger charge is -2.13. The Morgan fingerprint density at radius 1 is 0.625 bits per heavy atom. The van der Waals surface area contributed by atoms with Gasteiger partial charge in [0.05, 0.1) is 39.3 Å². The van der Waals surface area contributed by atoms with Crippen molar-refractivity contribution >= 4 is 11.6 Å². The molecule has 5 aromatic rings. The number of imidazole rings is 1. The van der Waals surface area contributed by atoms with E-state index in [1.165, 1.54) is 0 Å². The van der Waals surface area contributed by atoms with Gasteiger partial charge in [-0.05, 0) is 72.8 Å². The van der Waals surface area contributed by atoms with Crippen molar-refractivity contribution in [3.05, 3.63) is 120 Å². The number of ketones is 2. The standard InChI is InChI=1S/C33H28N2O5/c1-38-26-15-9-22(10-16-26)29(36)21-35-31(24-13-19-28(40-3)20-14-24)30(23-11-17-27(39-2)18-12-23)34-33(35)32(37)25-7-5-4-6-8-25/h4-20H,21H2,1-3H3. The summed E-state index contributed by atoms with van der Waals surface area (Å²) in [5.74, 6) is 1.76. The molecule has 1 aromatic heterocycles. The Hall–Kier alpha value is -5.17. The van der Waals surface area contributed by atoms with Gasteiger partial charge >= 0.3 is 0 Å². The Labute approximate surface area is 232 Å². The second-order valence-corrected chi connectivity index (χ2v) is 9.02. The van der Waals surface area contributed by atoms with Gasteiger partial charge in [-0.25, -0.2) is 4.98 Å². The van der Waals surface area contributed by atoms with Crippen LogP contribution in [0.2, 0.25) is 0 Å². The summed E-state index contributed by atoms with van der Waals surface area (Å²) in [6.45, 7) is -0.0925. The maximum atomic E-state index is 13.8. The Balaban J connectivity index is 1.71. The molecule has 7 nitrogen and oxygen atoms in total. The molecule has 40 heavy (non-hydrogen) atoms. The quantitative estimate of drug-likeness (QED) is 0.195. The van der Waals surface area contributed by atoms with Gasteiger partial charge in [-0.1, -0.05) is 30.3 Å². The molecular formula is C33H28N2O5. The molecule has 0 unspecified atom stereocenters. The molecule has 0 N–H and O–H groups in total. The summed E-state index contributed by atoms with van der Waals surface area (Å²) in [7, 11) is 4.78. The molecule has 0 aliphatic rings. The van der Waals surface area contributed by atoms with Crippen LogP contribution >= 0.6 is 0 Å². The number of hydrogen-bond donors (Lipinski definition) is 0. The number of carbonyl (C=O) groups is 2. The normalized spacial score (nSPS) is 10.7. The van der Waals surface area contributed by atoms with E-state index >= 15 is 0 Å². The van der Waals surface area contributed by atoms with E-state index in [2.05, 4.69) is 0 Å². The number of nitrogens with zero attached hydrogens (tertiary/aromatic N) is 2. The summed E-state index contributed by atoms with van der Waals surface area (Å²) in [6, 6.07) is 30.8. The first-order valence-corrected chi connectivity index (χ1v) is 12.7. The van der Waals surface area contributed by atoms with Crippen LogP contribution < -0.4 is 14.2 Å². The minimum absolute atomic E-state index is 0.0925. The van der Waals surface area contributed by atoms with Gasteiger partial charge in [0.1, 0.15) is 17.2 Å². The fraction of sp³-hybridized carbons (Fsp3) is 0.121. The molecule has 0 spiro atoms. The second kappa shape index (κ2) is 11.7. The minimum atomic E-state index is -0.280. The van der Waals surface area contributed by atoms with Gasteiger partial charge in [0.15, 0.2) is 11.6 Å². The van der Waals surface area contributed by atoms with Crippen molar-refractivity contribution in [3.8, 4) is 39.8 Å². The summed E-state index contributed by atoms with van der Waals surface area (Å²) < 4.78 is 17.7. The first kappa shape index (κ1) is 26.4. The van der Waals surface area contributed by atoms with Crippen LogP contribution in [0.5, 0.6) is 17.2 Å². The number of methoxy groups -OCH3 is 3. The fourth-order valence-corrected chi connectivity index (χ4v) is 4.50. The van der Waals surface area contributed by atoms with E-state index in [0.717, 1.165) is 11.1 Å². The zero-order chi connectivity index (χ0) is 28.1. The van der Waals surface area contributed by atoms with E-state index in [1.54, 1.807) is 74.4 Å². The molecule has 0 fully saturated rings. The molecule has 0 amide bonds. The lowest BCUT2D eigenvalue weighted by Crippen LogP contribution is -2.18. The average molecular weight is 533 g/mol. The number of carbonyl (C=O) groups excluding carboxylic acids is 2. The van der Waals surface area contributed by atoms with E-state index in [-0.39, 0.29) is 23.9 Å². The van der Waals surface area contributed by atoms with Crippen LogP contribution in [-0.4, -0.2) is 42.4 Å². The van der Waals surface area contributed by atoms with Crippen LogP contribution in [-0.2, 0) is 6.54 Å². The van der Waals surface area contributed by atoms with Crippen molar-refractivity contribution in [1.29, 1.82) is 0 Å². The average Bonchev–Trinajstić information content (AvgIpc) is 3.39. The third kappa shape index (κ3) is 5.35. The van der Waals surface area contributed by atoms with Crippen LogP contribution in [0.25, 0.3) is 22.5 Å². The SMILES string of the molecule is COc1ccc(C(=O)Cn2c(C(=O)c3ccccc3)nc(-c3ccc(OC)cc3)c2-c2ccc(OC)cc2)cc1. The van der Waals surface area contributed by atoms with E-state index < -0.39 is 0 Å². The summed E-state index contributed by atoms with van der Waals surface area (Å²) >= 11 is 0. The molecule has 0 bridgehead atoms. The van der Waals surface area contributed by atoms with E-state index in [4.69, 9.17) is 19.2 Å². The van der Waals surface area contributed by atoms with Gasteiger partial charge in [-0.3, -0.25) is 9.59 Å². The predicted molar refractivity (Wildman–Crippen MR) is 153 cm³/mol. The zero-order valence-corrected chi connectivity index (χ0v) is 22.5. The maximum Gasteiger partial charge on any atom is 0.228 e. The molecule has 0 aliphatic heterocycles. The van der Waals surface area contributed by atoms with Gasteiger partial charge in [-0.15, -0.1) is 0 Å². The molecule has 4 aromatic carbocycles. The molecule has 200 valence electrons. The molecule has 0 atom stereocenters. The van der Waals surface area contributed by atoms with E-state index in [0.29, 0.717) is 39.8 Å². The first-order chi connectivity index (χ1) is 19.5. The second-order valence-electron chi connectivity index (χ2n) is 9.02. The lowest BCUT2D eigenvalue weighted by atomic mass is 10.0. The van der Waals surface area contributed by atoms with Gasteiger partial charge in [0.25, 0.3) is 0 Å². The highest BCUT2D eigenvalue weighted by atomic mass is 16.5. The Kier molecular flexibility index (Phi) is 7.73. The highest BCUT2D eigenvalue weighted by Crippen LogP contribution is 2.35.